The summed E-state index contributed by atoms with van der Waals surface area (Å²) < 4.78 is 5.90. The Morgan fingerprint density at radius 1 is 1.14 bits per heavy atom. The lowest BCUT2D eigenvalue weighted by atomic mass is 9.73. The van der Waals surface area contributed by atoms with Crippen molar-refractivity contribution in [2.24, 2.45) is 29.1 Å². The molecule has 2 fully saturated rings. The summed E-state index contributed by atoms with van der Waals surface area (Å²) in [4.78, 5) is 30.5. The molecule has 7 heteroatoms. The molecule has 1 unspecified atom stereocenters. The van der Waals surface area contributed by atoms with Crippen molar-refractivity contribution in [3.63, 3.8) is 0 Å². The van der Waals surface area contributed by atoms with Crippen LogP contribution < -0.4 is 0 Å². The highest BCUT2D eigenvalue weighted by atomic mass is 16.5. The molecule has 7 atom stereocenters. The van der Waals surface area contributed by atoms with E-state index in [9.17, 15) is 24.9 Å². The summed E-state index contributed by atoms with van der Waals surface area (Å²) in [5.41, 5.74) is 1.11. The second kappa shape index (κ2) is 12.0. The van der Waals surface area contributed by atoms with E-state index in [0.717, 1.165) is 36.8 Å². The van der Waals surface area contributed by atoms with E-state index in [1.165, 1.54) is 0 Å². The number of aliphatic hydroxyl groups excluding tert-OH is 3. The number of Topliss-reactive ketones (excluding diaryl/α,β-unsaturated/α-hetero) is 1. The number of hydrogen-bond acceptors (Lipinski definition) is 7. The highest BCUT2D eigenvalue weighted by Gasteiger charge is 2.43. The van der Waals surface area contributed by atoms with Crippen LogP contribution in [0.5, 0.6) is 0 Å². The van der Waals surface area contributed by atoms with Gasteiger partial charge >= 0.3 is 5.97 Å². The standard InChI is InChI=1S/C29H43NO6/c1-17-7-6-8-21-12-22(21)13-24(18(2)11-23-10-9-20(16-31)15-30-23)36-26(33)14-25(32)29(4,5)28(35)19(3)27(17)34/h9-11,15,17,19,21-22,24-25,27,31-32,34H,6-8,12-14,16H2,1-5H3/b18-11+/t17-,19+,21-,22?,24-,25-,27-/m0/s1. The first kappa shape index (κ1) is 28.5. The molecular weight excluding hydrogens is 458 g/mol. The predicted octanol–water partition coefficient (Wildman–Crippen LogP) is 4.08. The van der Waals surface area contributed by atoms with E-state index < -0.39 is 35.6 Å². The lowest BCUT2D eigenvalue weighted by Crippen LogP contribution is -2.45. The zero-order chi connectivity index (χ0) is 26.6. The van der Waals surface area contributed by atoms with Gasteiger partial charge in [-0.2, -0.15) is 0 Å². The maximum Gasteiger partial charge on any atom is 0.309 e. The molecule has 2 aliphatic rings. The molecule has 0 aromatic carbocycles. The molecule has 200 valence electrons. The molecule has 1 aliphatic heterocycles. The molecule has 36 heavy (non-hydrogen) atoms. The van der Waals surface area contributed by atoms with Crippen molar-refractivity contribution in [1.29, 1.82) is 0 Å². The number of aliphatic hydroxyl groups is 3. The first-order chi connectivity index (χ1) is 16.9. The number of ether oxygens (including phenoxy) is 1. The highest BCUT2D eigenvalue weighted by Crippen LogP contribution is 2.47. The Labute approximate surface area is 215 Å². The Balaban J connectivity index is 1.82. The average molecular weight is 502 g/mol. The lowest BCUT2D eigenvalue weighted by Gasteiger charge is -2.34. The van der Waals surface area contributed by atoms with Crippen LogP contribution in [0.1, 0.15) is 84.4 Å². The molecular formula is C29H43NO6. The number of aromatic nitrogens is 1. The third kappa shape index (κ3) is 7.02. The van der Waals surface area contributed by atoms with Crippen LogP contribution in [0, 0.1) is 29.1 Å². The molecule has 0 radical (unpaired) electrons. The van der Waals surface area contributed by atoms with Gasteiger partial charge in [-0.25, -0.2) is 0 Å². The van der Waals surface area contributed by atoms with Gasteiger partial charge in [0, 0.05) is 12.1 Å². The van der Waals surface area contributed by atoms with E-state index >= 15 is 0 Å². The van der Waals surface area contributed by atoms with Gasteiger partial charge in [0.2, 0.25) is 0 Å². The fourth-order valence-corrected chi connectivity index (χ4v) is 5.39. The van der Waals surface area contributed by atoms with E-state index in [0.29, 0.717) is 24.0 Å². The number of nitrogens with zero attached hydrogens (tertiary/aromatic N) is 1. The molecule has 1 aliphatic carbocycles. The highest BCUT2D eigenvalue weighted by molar-refractivity contribution is 5.88. The molecule has 0 amide bonds. The number of cyclic esters (lactones) is 1. The SMILES string of the molecule is C/C(=C\c1ccc(CO)cn1)[C@@H]1CC2C[C@@H]2CCC[C@H](C)[C@H](O)[C@@H](C)C(=O)C(C)(C)[C@@H](O)CC(=O)O1. The number of esters is 1. The van der Waals surface area contributed by atoms with Gasteiger partial charge in [-0.3, -0.25) is 14.6 Å². The Bertz CT molecular complexity index is 940. The maximum atomic E-state index is 13.2. The number of ketones is 1. The largest absolute Gasteiger partial charge is 0.458 e. The molecule has 7 nitrogen and oxygen atoms in total. The van der Waals surface area contributed by atoms with E-state index in [1.54, 1.807) is 27.0 Å². The summed E-state index contributed by atoms with van der Waals surface area (Å²) in [6.07, 6.45) is 5.46. The molecule has 0 bridgehead atoms. The Morgan fingerprint density at radius 2 is 1.86 bits per heavy atom. The smallest absolute Gasteiger partial charge is 0.309 e. The van der Waals surface area contributed by atoms with Crippen molar-refractivity contribution < 1.29 is 29.6 Å². The van der Waals surface area contributed by atoms with Crippen molar-refractivity contribution in [2.45, 2.75) is 98.1 Å². The fourth-order valence-electron chi connectivity index (χ4n) is 5.39. The van der Waals surface area contributed by atoms with Crippen molar-refractivity contribution in [2.75, 3.05) is 0 Å². The third-order valence-electron chi connectivity index (χ3n) is 8.34. The van der Waals surface area contributed by atoms with Gasteiger partial charge < -0.3 is 20.1 Å². The quantitative estimate of drug-likeness (QED) is 0.534. The van der Waals surface area contributed by atoms with Gasteiger partial charge in [-0.1, -0.05) is 46.6 Å². The van der Waals surface area contributed by atoms with Crippen LogP contribution in [0.25, 0.3) is 6.08 Å². The number of pyridine rings is 1. The molecule has 1 saturated heterocycles. The van der Waals surface area contributed by atoms with Crippen molar-refractivity contribution in [1.82, 2.24) is 4.98 Å². The topological polar surface area (TPSA) is 117 Å². The Hall–Kier alpha value is -2.09. The monoisotopic (exact) mass is 501 g/mol. The summed E-state index contributed by atoms with van der Waals surface area (Å²) in [5.74, 6) is -0.413. The van der Waals surface area contributed by atoms with Crippen LogP contribution in [0.4, 0.5) is 0 Å². The van der Waals surface area contributed by atoms with Gasteiger partial charge in [0.15, 0.2) is 0 Å². The van der Waals surface area contributed by atoms with Crippen LogP contribution in [0.2, 0.25) is 0 Å². The van der Waals surface area contributed by atoms with E-state index in [-0.39, 0.29) is 24.7 Å². The molecule has 1 saturated carbocycles. The van der Waals surface area contributed by atoms with E-state index in [1.807, 2.05) is 32.1 Å². The van der Waals surface area contributed by atoms with Crippen molar-refractivity contribution in [3.05, 3.63) is 35.2 Å². The summed E-state index contributed by atoms with van der Waals surface area (Å²) in [5, 5.41) is 30.9. The third-order valence-corrected chi connectivity index (χ3v) is 8.34. The first-order valence-corrected chi connectivity index (χ1v) is 13.3. The summed E-state index contributed by atoms with van der Waals surface area (Å²) >= 11 is 0. The average Bonchev–Trinajstić information content (AvgIpc) is 3.59. The first-order valence-electron chi connectivity index (χ1n) is 13.3. The van der Waals surface area contributed by atoms with Gasteiger partial charge in [0.1, 0.15) is 11.9 Å². The number of rotatable bonds is 3. The van der Waals surface area contributed by atoms with E-state index in [4.69, 9.17) is 4.74 Å². The number of carbonyl (C=O) groups excluding carboxylic acids is 2. The van der Waals surface area contributed by atoms with Gasteiger partial charge in [0.05, 0.1) is 36.3 Å². The van der Waals surface area contributed by atoms with Gasteiger partial charge in [-0.15, -0.1) is 0 Å². The number of fused-ring (bicyclic) bond motifs is 1. The number of hydrogen-bond donors (Lipinski definition) is 3. The molecule has 1 aromatic rings. The fraction of sp³-hybridized carbons (Fsp3) is 0.690. The molecule has 1 aromatic heterocycles. The minimum Gasteiger partial charge on any atom is -0.458 e. The lowest BCUT2D eigenvalue weighted by molar-refractivity contribution is -0.154. The van der Waals surface area contributed by atoms with Crippen LogP contribution >= 0.6 is 0 Å². The van der Waals surface area contributed by atoms with Gasteiger partial charge in [-0.05, 0) is 67.2 Å². The normalized spacial score (nSPS) is 34.6. The van der Waals surface area contributed by atoms with Crippen molar-refractivity contribution in [3.8, 4) is 0 Å². The second-order valence-electron chi connectivity index (χ2n) is 11.6. The summed E-state index contributed by atoms with van der Waals surface area (Å²) in [7, 11) is 0. The van der Waals surface area contributed by atoms with Crippen LogP contribution in [-0.2, 0) is 20.9 Å². The maximum absolute atomic E-state index is 13.2. The van der Waals surface area contributed by atoms with E-state index in [2.05, 4.69) is 4.98 Å². The van der Waals surface area contributed by atoms with Crippen LogP contribution in [0.3, 0.4) is 0 Å². The summed E-state index contributed by atoms with van der Waals surface area (Å²) in [6, 6.07) is 3.63. The molecule has 2 heterocycles. The van der Waals surface area contributed by atoms with Crippen LogP contribution in [0.15, 0.2) is 23.9 Å². The second-order valence-corrected chi connectivity index (χ2v) is 11.6. The van der Waals surface area contributed by atoms with Crippen LogP contribution in [-0.4, -0.2) is 50.4 Å². The summed E-state index contributed by atoms with van der Waals surface area (Å²) in [6.45, 7) is 8.80. The molecule has 3 N–H and O–H groups in total. The zero-order valence-electron chi connectivity index (χ0n) is 22.3. The van der Waals surface area contributed by atoms with Gasteiger partial charge in [0.25, 0.3) is 0 Å². The minimum atomic E-state index is -1.22. The Morgan fingerprint density at radius 3 is 2.50 bits per heavy atom. The minimum absolute atomic E-state index is 0.0189. The number of carbonyl (C=O) groups is 2. The molecule has 0 spiro atoms. The zero-order valence-corrected chi connectivity index (χ0v) is 22.3. The van der Waals surface area contributed by atoms with Crippen molar-refractivity contribution >= 4 is 17.8 Å². The predicted molar refractivity (Wildman–Crippen MR) is 138 cm³/mol. The molecule has 3 rings (SSSR count). The Kier molecular flexibility index (Phi) is 9.47.